The molecule has 0 fully saturated rings. The van der Waals surface area contributed by atoms with Crippen LogP contribution >= 0.6 is 27.3 Å². The lowest BCUT2D eigenvalue weighted by molar-refractivity contribution is 0.303. The third kappa shape index (κ3) is 3.69. The molecule has 14 heavy (non-hydrogen) atoms. The van der Waals surface area contributed by atoms with E-state index in [0.29, 0.717) is 6.04 Å². The van der Waals surface area contributed by atoms with Gasteiger partial charge in [-0.25, -0.2) is 0 Å². The molecule has 0 aromatic carbocycles. The highest BCUT2D eigenvalue weighted by Gasteiger charge is 2.04. The second-order valence-corrected chi connectivity index (χ2v) is 5.49. The van der Waals surface area contributed by atoms with E-state index in [-0.39, 0.29) is 0 Å². The zero-order valence-corrected chi connectivity index (χ0v) is 11.3. The summed E-state index contributed by atoms with van der Waals surface area (Å²) in [5.41, 5.74) is 0. The Bertz CT molecular complexity index is 273. The molecule has 0 bridgehead atoms. The maximum absolute atomic E-state index is 3.52. The largest absolute Gasteiger partial charge is 0.310 e. The smallest absolute Gasteiger partial charge is 0.0327 e. The standard InChI is InChI=1S/C10H17BrN2S/c1-8(13(2)3)6-12-7-10-9(11)4-5-14-10/h4-5,8,12H,6-7H2,1-3H3. The molecule has 0 amide bonds. The molecule has 1 rings (SSSR count). The maximum Gasteiger partial charge on any atom is 0.0327 e. The summed E-state index contributed by atoms with van der Waals surface area (Å²) in [6.07, 6.45) is 0. The number of hydrogen-bond donors (Lipinski definition) is 1. The molecular weight excluding hydrogens is 260 g/mol. The second kappa shape index (κ2) is 5.85. The maximum atomic E-state index is 3.52. The monoisotopic (exact) mass is 276 g/mol. The lowest BCUT2D eigenvalue weighted by Crippen LogP contribution is -2.35. The summed E-state index contributed by atoms with van der Waals surface area (Å²) >= 11 is 5.31. The van der Waals surface area contributed by atoms with Crippen molar-refractivity contribution in [3.8, 4) is 0 Å². The first-order valence-electron chi connectivity index (χ1n) is 4.70. The van der Waals surface area contributed by atoms with Crippen LogP contribution in [0.1, 0.15) is 11.8 Å². The minimum Gasteiger partial charge on any atom is -0.310 e. The van der Waals surface area contributed by atoms with Crippen molar-refractivity contribution < 1.29 is 0 Å². The van der Waals surface area contributed by atoms with E-state index in [1.165, 1.54) is 9.35 Å². The topological polar surface area (TPSA) is 15.3 Å². The Morgan fingerprint density at radius 3 is 2.79 bits per heavy atom. The number of halogens is 1. The van der Waals surface area contributed by atoms with Gasteiger partial charge in [0.15, 0.2) is 0 Å². The highest BCUT2D eigenvalue weighted by molar-refractivity contribution is 9.10. The zero-order valence-electron chi connectivity index (χ0n) is 8.88. The molecule has 0 saturated carbocycles. The number of thiophene rings is 1. The highest BCUT2D eigenvalue weighted by Crippen LogP contribution is 2.21. The average Bonchev–Trinajstić information content (AvgIpc) is 2.51. The summed E-state index contributed by atoms with van der Waals surface area (Å²) in [5.74, 6) is 0. The van der Waals surface area contributed by atoms with Crippen molar-refractivity contribution in [3.05, 3.63) is 20.8 Å². The Balaban J connectivity index is 2.25. The first-order chi connectivity index (χ1) is 6.61. The minimum absolute atomic E-state index is 0.578. The fourth-order valence-corrected chi connectivity index (χ4v) is 2.49. The van der Waals surface area contributed by atoms with E-state index in [2.05, 4.69) is 58.6 Å². The van der Waals surface area contributed by atoms with Crippen molar-refractivity contribution in [2.45, 2.75) is 19.5 Å². The third-order valence-electron chi connectivity index (χ3n) is 2.30. The Hall–Kier alpha value is 0.1000. The van der Waals surface area contributed by atoms with Gasteiger partial charge in [0, 0.05) is 28.5 Å². The quantitative estimate of drug-likeness (QED) is 0.889. The molecule has 0 aliphatic carbocycles. The Kier molecular flexibility index (Phi) is 5.09. The Morgan fingerprint density at radius 1 is 1.57 bits per heavy atom. The highest BCUT2D eigenvalue weighted by atomic mass is 79.9. The number of rotatable bonds is 5. The third-order valence-corrected chi connectivity index (χ3v) is 4.22. The van der Waals surface area contributed by atoms with Gasteiger partial charge in [0.25, 0.3) is 0 Å². The molecule has 1 atom stereocenters. The van der Waals surface area contributed by atoms with Crippen LogP contribution in [0.15, 0.2) is 15.9 Å². The van der Waals surface area contributed by atoms with Crippen LogP contribution in [0.2, 0.25) is 0 Å². The normalized spacial score (nSPS) is 13.5. The lowest BCUT2D eigenvalue weighted by Gasteiger charge is -2.19. The zero-order chi connectivity index (χ0) is 10.6. The number of hydrogen-bond acceptors (Lipinski definition) is 3. The van der Waals surface area contributed by atoms with Crippen LogP contribution in [-0.2, 0) is 6.54 Å². The summed E-state index contributed by atoms with van der Waals surface area (Å²) in [7, 11) is 4.21. The first-order valence-corrected chi connectivity index (χ1v) is 6.37. The van der Waals surface area contributed by atoms with Gasteiger partial charge >= 0.3 is 0 Å². The molecule has 1 aromatic heterocycles. The van der Waals surface area contributed by atoms with Crippen LogP contribution in [0.25, 0.3) is 0 Å². The number of likely N-dealkylation sites (N-methyl/N-ethyl adjacent to an activating group) is 1. The van der Waals surface area contributed by atoms with E-state index in [0.717, 1.165) is 13.1 Å². The van der Waals surface area contributed by atoms with E-state index in [1.807, 2.05) is 0 Å². The first kappa shape index (κ1) is 12.2. The van der Waals surface area contributed by atoms with E-state index in [9.17, 15) is 0 Å². The predicted octanol–water partition coefficient (Wildman–Crippen LogP) is 2.55. The van der Waals surface area contributed by atoms with Crippen molar-refractivity contribution in [1.82, 2.24) is 10.2 Å². The molecule has 4 heteroatoms. The molecule has 0 saturated heterocycles. The van der Waals surface area contributed by atoms with Gasteiger partial charge in [-0.15, -0.1) is 11.3 Å². The van der Waals surface area contributed by atoms with Gasteiger partial charge in [-0.3, -0.25) is 0 Å². The van der Waals surface area contributed by atoms with Crippen LogP contribution in [0.5, 0.6) is 0 Å². The van der Waals surface area contributed by atoms with Gasteiger partial charge < -0.3 is 10.2 Å². The molecule has 80 valence electrons. The summed E-state index contributed by atoms with van der Waals surface area (Å²) < 4.78 is 1.22. The van der Waals surface area contributed by atoms with Crippen molar-refractivity contribution in [1.29, 1.82) is 0 Å². The van der Waals surface area contributed by atoms with E-state index in [4.69, 9.17) is 0 Å². The lowest BCUT2D eigenvalue weighted by atomic mass is 10.3. The SMILES string of the molecule is CC(CNCc1sccc1Br)N(C)C. The molecule has 1 N–H and O–H groups in total. The predicted molar refractivity (Wildman–Crippen MR) is 66.9 cm³/mol. The average molecular weight is 277 g/mol. The molecule has 2 nitrogen and oxygen atoms in total. The fourth-order valence-electron chi connectivity index (χ4n) is 1.03. The van der Waals surface area contributed by atoms with Crippen LogP contribution in [0.4, 0.5) is 0 Å². The van der Waals surface area contributed by atoms with E-state index < -0.39 is 0 Å². The molecule has 1 heterocycles. The number of nitrogens with one attached hydrogen (secondary N) is 1. The van der Waals surface area contributed by atoms with Crippen molar-refractivity contribution in [2.24, 2.45) is 0 Å². The van der Waals surface area contributed by atoms with Crippen molar-refractivity contribution >= 4 is 27.3 Å². The summed E-state index contributed by atoms with van der Waals surface area (Å²) in [4.78, 5) is 3.59. The van der Waals surface area contributed by atoms with E-state index >= 15 is 0 Å². The van der Waals surface area contributed by atoms with Crippen LogP contribution < -0.4 is 5.32 Å². The molecule has 0 radical (unpaired) electrons. The van der Waals surface area contributed by atoms with Crippen LogP contribution in [0.3, 0.4) is 0 Å². The summed E-state index contributed by atoms with van der Waals surface area (Å²) in [6.45, 7) is 4.20. The van der Waals surface area contributed by atoms with E-state index in [1.54, 1.807) is 11.3 Å². The van der Waals surface area contributed by atoms with Gasteiger partial charge in [-0.05, 0) is 48.4 Å². The Morgan fingerprint density at radius 2 is 2.29 bits per heavy atom. The second-order valence-electron chi connectivity index (χ2n) is 3.64. The molecule has 1 aromatic rings. The molecule has 0 aliphatic heterocycles. The van der Waals surface area contributed by atoms with Gasteiger partial charge in [0.1, 0.15) is 0 Å². The Labute approximate surface area is 98.4 Å². The van der Waals surface area contributed by atoms with Gasteiger partial charge in [0.2, 0.25) is 0 Å². The molecule has 0 aliphatic rings. The molecule has 1 unspecified atom stereocenters. The van der Waals surface area contributed by atoms with Gasteiger partial charge in [0.05, 0.1) is 0 Å². The fraction of sp³-hybridized carbons (Fsp3) is 0.600. The van der Waals surface area contributed by atoms with Crippen LogP contribution in [-0.4, -0.2) is 31.6 Å². The molecular formula is C10H17BrN2S. The number of nitrogens with zero attached hydrogens (tertiary/aromatic N) is 1. The van der Waals surface area contributed by atoms with Gasteiger partial charge in [-0.1, -0.05) is 0 Å². The van der Waals surface area contributed by atoms with Crippen molar-refractivity contribution in [3.63, 3.8) is 0 Å². The van der Waals surface area contributed by atoms with Crippen LogP contribution in [0, 0.1) is 0 Å². The minimum atomic E-state index is 0.578. The van der Waals surface area contributed by atoms with Crippen molar-refractivity contribution in [2.75, 3.05) is 20.6 Å². The van der Waals surface area contributed by atoms with Gasteiger partial charge in [-0.2, -0.15) is 0 Å². The molecule has 0 spiro atoms. The summed E-state index contributed by atoms with van der Waals surface area (Å²) in [5, 5.41) is 5.56. The summed E-state index contributed by atoms with van der Waals surface area (Å²) in [6, 6.07) is 2.67.